The van der Waals surface area contributed by atoms with Crippen LogP contribution in [-0.2, 0) is 79.4 Å². The number of nitrogen functional groups attached to an aromatic ring is 1. The number of anilines is 1. The Morgan fingerprint density at radius 1 is 0.857 bits per heavy atom. The van der Waals surface area contributed by atoms with Gasteiger partial charge in [-0.15, -0.1) is 11.8 Å². The number of carbonyl (C=O) groups is 8. The first kappa shape index (κ1) is 76.7. The van der Waals surface area contributed by atoms with Crippen LogP contribution < -0.4 is 52.1 Å². The molecule has 0 spiro atoms. The summed E-state index contributed by atoms with van der Waals surface area (Å²) in [5.41, 5.74) is 7.50. The van der Waals surface area contributed by atoms with Crippen LogP contribution in [0, 0.1) is 39.9 Å². The van der Waals surface area contributed by atoms with Crippen molar-refractivity contribution in [2.45, 2.75) is 184 Å². The summed E-state index contributed by atoms with van der Waals surface area (Å²) >= 11 is 1.16. The Bertz CT molecular complexity index is 3530. The predicted octanol–water partition coefficient (Wildman–Crippen LogP) is -2.06. The number of esters is 1. The summed E-state index contributed by atoms with van der Waals surface area (Å²) in [5, 5.41) is 53.3. The molecule has 11 N–H and O–H groups in total. The number of nitrogens with one attached hydrogen (secondary N) is 5. The minimum atomic E-state index is -5.98. The van der Waals surface area contributed by atoms with Crippen LogP contribution in [0.2, 0.25) is 0 Å². The maximum absolute atomic E-state index is 13.1. The molecule has 546 valence electrons. The van der Waals surface area contributed by atoms with Gasteiger partial charge in [0.15, 0.2) is 17.7 Å². The number of cyclic esters (lactones) is 1. The number of hydrogen-bond donors (Lipinski definition) is 10. The van der Waals surface area contributed by atoms with Gasteiger partial charge in [0.25, 0.3) is 15.6 Å². The molecule has 2 aromatic heterocycles. The van der Waals surface area contributed by atoms with E-state index in [1.807, 2.05) is 6.92 Å². The van der Waals surface area contributed by atoms with Crippen molar-refractivity contribution in [3.63, 3.8) is 0 Å². The number of ether oxygens (including phenoxy) is 2. The number of aliphatic hydroxyl groups excluding tert-OH is 3. The minimum Gasteiger partial charge on any atom is -0.790 e. The molecule has 17 atom stereocenters. The van der Waals surface area contributed by atoms with Gasteiger partial charge in [-0.25, -0.2) is 24.1 Å². The van der Waals surface area contributed by atoms with Gasteiger partial charge >= 0.3 is 5.97 Å². The number of imidazole rings is 1. The van der Waals surface area contributed by atoms with Crippen molar-refractivity contribution in [1.82, 2.24) is 51.2 Å². The van der Waals surface area contributed by atoms with Crippen molar-refractivity contribution in [3.8, 4) is 0 Å². The van der Waals surface area contributed by atoms with Crippen molar-refractivity contribution in [2.75, 3.05) is 50.9 Å². The third kappa shape index (κ3) is 17.5. The smallest absolute Gasteiger partial charge is 0.331 e. The van der Waals surface area contributed by atoms with E-state index in [0.717, 1.165) is 71.6 Å². The molecule has 4 saturated carbocycles. The summed E-state index contributed by atoms with van der Waals surface area (Å²) in [7, 11) is -17.8. The molecular weight excluding hydrogens is 1380 g/mol. The van der Waals surface area contributed by atoms with E-state index < -0.39 is 125 Å². The lowest BCUT2D eigenvalue weighted by Gasteiger charge is -2.65. The number of aliphatic hydroxyl groups is 4. The zero-order valence-corrected chi connectivity index (χ0v) is 57.8. The lowest BCUT2D eigenvalue weighted by atomic mass is 9.42. The van der Waals surface area contributed by atoms with Gasteiger partial charge in [-0.2, -0.15) is 0 Å². The Morgan fingerprint density at radius 2 is 1.57 bits per heavy atom. The van der Waals surface area contributed by atoms with Crippen LogP contribution in [0.15, 0.2) is 24.3 Å². The molecule has 0 bridgehead atoms. The Labute approximate surface area is 567 Å². The maximum Gasteiger partial charge on any atom is 0.331 e. The van der Waals surface area contributed by atoms with Crippen LogP contribution >= 0.6 is 35.2 Å². The van der Waals surface area contributed by atoms with Crippen LogP contribution in [0.3, 0.4) is 0 Å². The topological polar surface area (TPSA) is 549 Å². The molecule has 5 heterocycles. The van der Waals surface area contributed by atoms with E-state index in [1.54, 1.807) is 0 Å². The molecule has 0 radical (unpaired) electrons. The average molecular weight is 1460 g/mol. The predicted molar refractivity (Wildman–Crippen MR) is 331 cm³/mol. The number of imide groups is 1. The van der Waals surface area contributed by atoms with Crippen LogP contribution in [0.25, 0.3) is 11.2 Å². The van der Waals surface area contributed by atoms with Gasteiger partial charge in [0, 0.05) is 80.4 Å². The number of hydrazine groups is 1. The third-order valence-corrected chi connectivity index (χ3v) is 24.9. The molecule has 7 amide bonds. The van der Waals surface area contributed by atoms with Gasteiger partial charge in [0.1, 0.15) is 42.9 Å². The molecule has 2 aromatic rings. The van der Waals surface area contributed by atoms with E-state index in [0.29, 0.717) is 38.5 Å². The number of nitrogens with zero attached hydrogens (tertiary/aromatic N) is 5. The molecule has 6 fully saturated rings. The molecule has 40 heteroatoms. The molecular formula is C58H84N11O25P3S-4. The molecule has 2 saturated heterocycles. The summed E-state index contributed by atoms with van der Waals surface area (Å²) in [6.45, 7) is 4.31. The Balaban J connectivity index is 0.588. The van der Waals surface area contributed by atoms with Gasteiger partial charge in [0.2, 0.25) is 41.4 Å². The van der Waals surface area contributed by atoms with Crippen LogP contribution in [-0.4, -0.2) is 185 Å². The summed E-state index contributed by atoms with van der Waals surface area (Å²) in [5.74, 6) is -3.72. The fourth-order valence-corrected chi connectivity index (χ4v) is 19.1. The van der Waals surface area contributed by atoms with Crippen LogP contribution in [0.4, 0.5) is 5.82 Å². The van der Waals surface area contributed by atoms with E-state index in [1.165, 1.54) is 19.9 Å². The summed E-state index contributed by atoms with van der Waals surface area (Å²) < 4.78 is 66.4. The fourth-order valence-electron chi connectivity index (χ4n) is 15.4. The van der Waals surface area contributed by atoms with Gasteiger partial charge in [0.05, 0.1) is 44.3 Å². The molecule has 0 aromatic carbocycles. The van der Waals surface area contributed by atoms with Gasteiger partial charge in [-0.05, 0) is 98.9 Å². The second-order valence-corrected chi connectivity index (χ2v) is 32.6. The number of thioether (sulfide) groups is 1. The fraction of sp³-hybridized carbons (Fsp3) is 0.741. The zero-order valence-electron chi connectivity index (χ0n) is 54.3. The van der Waals surface area contributed by atoms with Crippen molar-refractivity contribution in [2.24, 2.45) is 39.9 Å². The third-order valence-electron chi connectivity index (χ3n) is 20.6. The number of aromatic nitrogens is 4. The highest BCUT2D eigenvalue weighted by molar-refractivity contribution is 8.00. The maximum atomic E-state index is 13.1. The number of carbonyl (C=O) groups excluding carboxylic acids is 8. The van der Waals surface area contributed by atoms with Crippen LogP contribution in [0.5, 0.6) is 0 Å². The van der Waals surface area contributed by atoms with Crippen molar-refractivity contribution < 1.29 is 119 Å². The first-order chi connectivity index (χ1) is 46.0. The standard InChI is InChI=1S/C58H88N11O25P3S/c1-55(2,28-91-97(87,88)94-96(85,86)90-27-37-48(93-95(82,83)84)47(77)54(92-37)69-30-64-46-50(59)62-29-63-51(46)69)49(78)52(79)61-18-15-40(71)60-19-21-98-38-25-44(75)68(53(38)80)20-7-5-6-8-42(73)66-67-43(74)12-11-41(72)65-33-13-16-56(3)32(23-33)9-10-35-36(56)24-39(70)57(4)34(14-17-58(35,57)81)31-22-45(76)89-26-31/h22,29-30,32-39,47-49,54,70,77-78,81H,5-21,23-28H2,1-4H3,(H,60,71)(H,61,79)(H,65,72)(H,66,73)(H,67,74)(H,85,86)(H,87,88)(H2,59,62,63)(H2,82,83,84)/p-4/t32-,33+,34-,35-,36-,37-,38+,39-,47+,48?,49+,54-,56+,57+,58+/m1/s1. The monoisotopic (exact) mass is 1460 g/mol. The first-order valence-electron chi connectivity index (χ1n) is 32.4. The van der Waals surface area contributed by atoms with E-state index in [2.05, 4.69) is 66.6 Å². The lowest BCUT2D eigenvalue weighted by Crippen LogP contribution is -2.67. The second kappa shape index (κ2) is 31.0. The quantitative estimate of drug-likeness (QED) is 0.0128. The first-order valence-corrected chi connectivity index (χ1v) is 37.8. The summed E-state index contributed by atoms with van der Waals surface area (Å²) in [6, 6.07) is -0.0914. The second-order valence-electron chi connectivity index (χ2n) is 27.2. The minimum absolute atomic E-state index is 0.00153. The van der Waals surface area contributed by atoms with Gasteiger partial charge in [-0.3, -0.25) is 63.0 Å². The number of fused-ring (bicyclic) bond motifs is 6. The highest BCUT2D eigenvalue weighted by Crippen LogP contribution is 2.70. The van der Waals surface area contributed by atoms with Crippen molar-refractivity contribution >= 4 is 99.5 Å². The molecule has 7 aliphatic rings. The highest BCUT2D eigenvalue weighted by Gasteiger charge is 2.71. The molecule has 98 heavy (non-hydrogen) atoms. The SMILES string of the molecule is CC(C)(COP(=O)([O-])OP(=O)([O-])OC[C@H]1O[C@@H](n2cnc3c(N)ncnc32)[C@@H](O)C1OP(=O)([O-])[O-])[C@@H](O)C(=O)NCCC(=O)NCCS[C@H]1CC(=O)N(CCCCCC(=O)NNC(=O)CCC(=O)N[C@H]2CC[C@@]3(C)[C@H](CC[C@@H]4[C@H]3C[C@@H](O)[C@]3(C)[C@@H](C5=CC(=O)OC5)CC[C@]43O)C2)C1=O. The number of amides is 7. The number of rotatable bonds is 31. The van der Waals surface area contributed by atoms with E-state index in [9.17, 15) is 92.1 Å². The largest absolute Gasteiger partial charge is 0.790 e. The van der Waals surface area contributed by atoms with Crippen molar-refractivity contribution in [1.29, 1.82) is 0 Å². The molecule has 9 rings (SSSR count). The molecule has 3 unspecified atom stereocenters. The summed E-state index contributed by atoms with van der Waals surface area (Å²) in [4.78, 5) is 163. The highest BCUT2D eigenvalue weighted by atomic mass is 32.2. The number of phosphoric acid groups is 3. The van der Waals surface area contributed by atoms with Crippen LogP contribution in [0.1, 0.15) is 137 Å². The number of unbranched alkanes of at least 4 members (excludes halogenated alkanes) is 2. The molecule has 4 aliphatic carbocycles. The Kier molecular flexibility index (Phi) is 24.3. The Hall–Kier alpha value is -5.43. The van der Waals surface area contributed by atoms with Gasteiger partial charge in [-0.1, -0.05) is 34.1 Å². The number of likely N-dealkylation sites (tertiary alicyclic amines) is 1. The van der Waals surface area contributed by atoms with E-state index >= 15 is 0 Å². The van der Waals surface area contributed by atoms with Crippen molar-refractivity contribution in [3.05, 3.63) is 24.3 Å². The van der Waals surface area contributed by atoms with E-state index in [4.69, 9.17) is 15.2 Å². The van der Waals surface area contributed by atoms with Gasteiger partial charge < -0.3 is 89.3 Å². The molecule has 36 nitrogen and oxygen atoms in total. The number of hydrogen-bond acceptors (Lipinski definition) is 30. The lowest BCUT2D eigenvalue weighted by molar-refractivity contribution is -0.347. The number of nitrogens with two attached hydrogens (primary N) is 1. The number of phosphoric ester groups is 3. The average Bonchev–Trinajstić information content (AvgIpc) is 1.40. The summed E-state index contributed by atoms with van der Waals surface area (Å²) in [6.07, 6.45) is -0.422. The molecule has 3 aliphatic heterocycles. The Morgan fingerprint density at radius 3 is 2.29 bits per heavy atom. The zero-order chi connectivity index (χ0) is 71.5. The normalized spacial score (nSPS) is 31.6. The van der Waals surface area contributed by atoms with E-state index in [-0.39, 0.29) is 134 Å².